The molecule has 0 bridgehead atoms. The fourth-order valence-corrected chi connectivity index (χ4v) is 4.14. The summed E-state index contributed by atoms with van der Waals surface area (Å²) in [6.45, 7) is 2.22. The van der Waals surface area contributed by atoms with Gasteiger partial charge in [0, 0.05) is 4.90 Å². The Balaban J connectivity index is 2.09. The molecule has 29 heavy (non-hydrogen) atoms. The summed E-state index contributed by atoms with van der Waals surface area (Å²) in [5.74, 6) is -0.843. The second-order valence-electron chi connectivity index (χ2n) is 6.14. The van der Waals surface area contributed by atoms with Crippen LogP contribution in [0.5, 0.6) is 0 Å². The lowest BCUT2D eigenvalue weighted by atomic mass is 10.2. The highest BCUT2D eigenvalue weighted by molar-refractivity contribution is 7.98. The van der Waals surface area contributed by atoms with Crippen molar-refractivity contribution in [3.63, 3.8) is 0 Å². The molecule has 0 radical (unpaired) electrons. The number of halogens is 1. The van der Waals surface area contributed by atoms with E-state index in [0.29, 0.717) is 9.20 Å². The average Bonchev–Trinajstić information content (AvgIpc) is 2.99. The summed E-state index contributed by atoms with van der Waals surface area (Å²) in [6.07, 6.45) is 5.14. The topological polar surface area (TPSA) is 48.3 Å². The van der Waals surface area contributed by atoms with Crippen LogP contribution in [-0.2, 0) is 16.1 Å². The Morgan fingerprint density at radius 1 is 1.17 bits per heavy atom. The number of thiazole rings is 1. The molecule has 0 spiro atoms. The minimum atomic E-state index is -0.502. The first-order valence-corrected chi connectivity index (χ1v) is 11.0. The summed E-state index contributed by atoms with van der Waals surface area (Å²) in [4.78, 5) is 26.1. The average molecular weight is 430 g/mol. The molecular formula is C22H20FNO3S2. The Morgan fingerprint density at radius 3 is 2.48 bits per heavy atom. The minimum absolute atomic E-state index is 0.205. The first-order chi connectivity index (χ1) is 14.0. The van der Waals surface area contributed by atoms with Crippen LogP contribution in [0.1, 0.15) is 18.1 Å². The standard InChI is InChI=1S/C22H20FNO3S2/c1-3-27-21(25)13-20-24(14-16-4-8-17(23)9-5-16)22(26)19(29-20)12-15-6-10-18(28-2)11-7-15/h4-13H,3,14H2,1-2H3/b19-12-,20-13+. The Kier molecular flexibility index (Phi) is 7.06. The molecule has 0 atom stereocenters. The Morgan fingerprint density at radius 2 is 1.86 bits per heavy atom. The van der Waals surface area contributed by atoms with Gasteiger partial charge in [0.1, 0.15) is 10.5 Å². The number of rotatable bonds is 6. The lowest BCUT2D eigenvalue weighted by molar-refractivity contribution is -0.135. The van der Waals surface area contributed by atoms with Gasteiger partial charge in [-0.15, -0.1) is 23.1 Å². The van der Waals surface area contributed by atoms with Crippen LogP contribution in [0.25, 0.3) is 12.2 Å². The zero-order valence-corrected chi connectivity index (χ0v) is 17.7. The van der Waals surface area contributed by atoms with Crippen molar-refractivity contribution in [2.75, 3.05) is 12.9 Å². The summed E-state index contributed by atoms with van der Waals surface area (Å²) in [5.41, 5.74) is 1.46. The van der Waals surface area contributed by atoms with Crippen LogP contribution in [0.3, 0.4) is 0 Å². The van der Waals surface area contributed by atoms with Gasteiger partial charge in [0.2, 0.25) is 0 Å². The van der Waals surface area contributed by atoms with Gasteiger partial charge in [-0.25, -0.2) is 9.18 Å². The van der Waals surface area contributed by atoms with Crippen LogP contribution < -0.4 is 14.8 Å². The molecule has 0 aliphatic rings. The molecule has 3 aromatic rings. The molecule has 2 aromatic carbocycles. The normalized spacial score (nSPS) is 12.4. The molecule has 0 saturated carbocycles. The second kappa shape index (κ2) is 9.71. The molecule has 0 N–H and O–H groups in total. The molecule has 0 saturated heterocycles. The van der Waals surface area contributed by atoms with Crippen LogP contribution in [0.2, 0.25) is 0 Å². The van der Waals surface area contributed by atoms with Crippen LogP contribution in [-0.4, -0.2) is 23.4 Å². The molecule has 1 heterocycles. The highest BCUT2D eigenvalue weighted by Crippen LogP contribution is 2.15. The van der Waals surface area contributed by atoms with Gasteiger partial charge in [0.25, 0.3) is 5.56 Å². The molecule has 150 valence electrons. The third-order valence-corrected chi connectivity index (χ3v) is 5.94. The van der Waals surface area contributed by atoms with E-state index >= 15 is 0 Å². The lowest BCUT2D eigenvalue weighted by Gasteiger charge is -2.03. The molecule has 0 fully saturated rings. The van der Waals surface area contributed by atoms with Gasteiger partial charge in [-0.3, -0.25) is 9.36 Å². The summed E-state index contributed by atoms with van der Waals surface area (Å²) >= 11 is 2.87. The first kappa shape index (κ1) is 21.1. The summed E-state index contributed by atoms with van der Waals surface area (Å²) in [5, 5.41) is 0. The Labute approximate surface area is 176 Å². The molecule has 4 nitrogen and oxygen atoms in total. The van der Waals surface area contributed by atoms with Gasteiger partial charge >= 0.3 is 5.97 Å². The summed E-state index contributed by atoms with van der Waals surface area (Å²) in [6, 6.07) is 13.8. The van der Waals surface area contributed by atoms with Crippen molar-refractivity contribution in [1.29, 1.82) is 0 Å². The van der Waals surface area contributed by atoms with Gasteiger partial charge in [0.05, 0.1) is 23.8 Å². The molecular weight excluding hydrogens is 409 g/mol. The van der Waals surface area contributed by atoms with Crippen LogP contribution in [0.15, 0.2) is 58.2 Å². The van der Waals surface area contributed by atoms with E-state index in [0.717, 1.165) is 16.0 Å². The zero-order chi connectivity index (χ0) is 20.8. The van der Waals surface area contributed by atoms with E-state index in [1.165, 1.54) is 34.1 Å². The maximum Gasteiger partial charge on any atom is 0.333 e. The summed E-state index contributed by atoms with van der Waals surface area (Å²) < 4.78 is 20.7. The lowest BCUT2D eigenvalue weighted by Crippen LogP contribution is -2.32. The number of esters is 1. The number of hydrogen-bond acceptors (Lipinski definition) is 5. The summed E-state index contributed by atoms with van der Waals surface area (Å²) in [7, 11) is 0. The molecule has 3 rings (SSSR count). The van der Waals surface area contributed by atoms with Gasteiger partial charge in [-0.05, 0) is 54.6 Å². The van der Waals surface area contributed by atoms with E-state index in [2.05, 4.69) is 0 Å². The van der Waals surface area contributed by atoms with E-state index in [1.54, 1.807) is 36.9 Å². The van der Waals surface area contributed by atoms with Crippen LogP contribution in [0.4, 0.5) is 4.39 Å². The van der Waals surface area contributed by atoms with Crippen molar-refractivity contribution in [2.24, 2.45) is 0 Å². The highest BCUT2D eigenvalue weighted by atomic mass is 32.2. The molecule has 0 aliphatic carbocycles. The van der Waals surface area contributed by atoms with Gasteiger partial charge in [0.15, 0.2) is 0 Å². The van der Waals surface area contributed by atoms with Crippen molar-refractivity contribution < 1.29 is 13.9 Å². The molecule has 0 amide bonds. The number of carbonyl (C=O) groups excluding carboxylic acids is 1. The fourth-order valence-electron chi connectivity index (χ4n) is 2.70. The van der Waals surface area contributed by atoms with E-state index in [9.17, 15) is 14.0 Å². The Bertz CT molecular complexity index is 1160. The monoisotopic (exact) mass is 429 g/mol. The van der Waals surface area contributed by atoms with E-state index in [4.69, 9.17) is 4.74 Å². The van der Waals surface area contributed by atoms with Crippen molar-refractivity contribution in [1.82, 2.24) is 4.57 Å². The minimum Gasteiger partial charge on any atom is -0.463 e. The number of benzene rings is 2. The van der Waals surface area contributed by atoms with E-state index < -0.39 is 5.97 Å². The SMILES string of the molecule is CCOC(=O)/C=c1/s/c(=C\c2ccc(SC)cc2)c(=O)n1Cc1ccc(F)cc1. The molecule has 7 heteroatoms. The number of carbonyl (C=O) groups is 1. The Hall–Kier alpha value is -2.64. The number of hydrogen-bond donors (Lipinski definition) is 0. The second-order valence-corrected chi connectivity index (χ2v) is 8.08. The maximum atomic E-state index is 13.2. The van der Waals surface area contributed by atoms with Crippen LogP contribution >= 0.6 is 23.1 Å². The fraction of sp³-hybridized carbons (Fsp3) is 0.182. The van der Waals surface area contributed by atoms with Crippen molar-refractivity contribution in [2.45, 2.75) is 18.4 Å². The van der Waals surface area contributed by atoms with Crippen molar-refractivity contribution in [3.8, 4) is 0 Å². The number of ether oxygens (including phenoxy) is 1. The predicted octanol–water partition coefficient (Wildman–Crippen LogP) is 2.99. The predicted molar refractivity (Wildman–Crippen MR) is 116 cm³/mol. The third-order valence-electron chi connectivity index (χ3n) is 4.13. The number of aromatic nitrogens is 1. The largest absolute Gasteiger partial charge is 0.463 e. The van der Waals surface area contributed by atoms with E-state index in [1.807, 2.05) is 30.5 Å². The van der Waals surface area contributed by atoms with Crippen LogP contribution in [0, 0.1) is 5.82 Å². The molecule has 0 aliphatic heterocycles. The first-order valence-electron chi connectivity index (χ1n) is 8.98. The highest BCUT2D eigenvalue weighted by Gasteiger charge is 2.08. The smallest absolute Gasteiger partial charge is 0.333 e. The number of thioether (sulfide) groups is 1. The third kappa shape index (κ3) is 5.46. The van der Waals surface area contributed by atoms with Gasteiger partial charge in [-0.1, -0.05) is 24.3 Å². The molecule has 1 aromatic heterocycles. The van der Waals surface area contributed by atoms with Gasteiger partial charge < -0.3 is 4.74 Å². The molecule has 0 unspecified atom stereocenters. The van der Waals surface area contributed by atoms with Gasteiger partial charge in [-0.2, -0.15) is 0 Å². The number of nitrogens with zero attached hydrogens (tertiary/aromatic N) is 1. The quantitative estimate of drug-likeness (QED) is 0.447. The van der Waals surface area contributed by atoms with Crippen molar-refractivity contribution in [3.05, 3.63) is 85.0 Å². The van der Waals surface area contributed by atoms with E-state index in [-0.39, 0.29) is 24.5 Å². The maximum absolute atomic E-state index is 13.2. The van der Waals surface area contributed by atoms with Crippen molar-refractivity contribution >= 4 is 41.2 Å². The zero-order valence-electron chi connectivity index (χ0n) is 16.1.